The fourth-order valence-electron chi connectivity index (χ4n) is 1.27. The van der Waals surface area contributed by atoms with Gasteiger partial charge >= 0.3 is 0 Å². The molecule has 76 valence electrons. The summed E-state index contributed by atoms with van der Waals surface area (Å²) in [5, 5.41) is 2.89. The fourth-order valence-corrected chi connectivity index (χ4v) is 1.27. The molecular formula is C10H20N2O. The van der Waals surface area contributed by atoms with E-state index >= 15 is 0 Å². The van der Waals surface area contributed by atoms with Gasteiger partial charge in [0.05, 0.1) is 0 Å². The van der Waals surface area contributed by atoms with E-state index in [2.05, 4.69) is 5.32 Å². The third kappa shape index (κ3) is 3.35. The Bertz CT molecular complexity index is 178. The minimum Gasteiger partial charge on any atom is -0.354 e. The number of nitrogens with one attached hydrogen (secondary N) is 1. The Labute approximate surface area is 80.1 Å². The molecule has 1 aliphatic rings. The summed E-state index contributed by atoms with van der Waals surface area (Å²) in [4.78, 5) is 11.4. The van der Waals surface area contributed by atoms with Crippen LogP contribution in [0.4, 0.5) is 0 Å². The molecule has 0 aromatic rings. The third-order valence-corrected chi connectivity index (χ3v) is 2.80. The Morgan fingerprint density at radius 1 is 1.62 bits per heavy atom. The molecule has 0 aromatic heterocycles. The SMILES string of the molecule is CCC(C)C(=O)NCC(N)C1CC1. The van der Waals surface area contributed by atoms with Crippen LogP contribution < -0.4 is 11.1 Å². The van der Waals surface area contributed by atoms with Gasteiger partial charge in [0.2, 0.25) is 5.91 Å². The summed E-state index contributed by atoms with van der Waals surface area (Å²) in [6.45, 7) is 4.61. The number of hydrogen-bond donors (Lipinski definition) is 2. The maximum absolute atomic E-state index is 11.4. The van der Waals surface area contributed by atoms with Gasteiger partial charge in [0.25, 0.3) is 0 Å². The lowest BCUT2D eigenvalue weighted by Gasteiger charge is -2.14. The Morgan fingerprint density at radius 2 is 2.23 bits per heavy atom. The largest absolute Gasteiger partial charge is 0.354 e. The molecule has 1 fully saturated rings. The van der Waals surface area contributed by atoms with Crippen LogP contribution in [-0.2, 0) is 4.79 Å². The maximum Gasteiger partial charge on any atom is 0.222 e. The highest BCUT2D eigenvalue weighted by Gasteiger charge is 2.28. The standard InChI is InChI=1S/C10H20N2O/c1-3-7(2)10(13)12-6-9(11)8-4-5-8/h7-9H,3-6,11H2,1-2H3,(H,12,13). The highest BCUT2D eigenvalue weighted by molar-refractivity contribution is 5.78. The first-order valence-corrected chi connectivity index (χ1v) is 5.18. The zero-order valence-corrected chi connectivity index (χ0v) is 8.55. The van der Waals surface area contributed by atoms with Gasteiger partial charge in [0.15, 0.2) is 0 Å². The van der Waals surface area contributed by atoms with Gasteiger partial charge in [-0.15, -0.1) is 0 Å². The number of amides is 1. The van der Waals surface area contributed by atoms with Crippen molar-refractivity contribution in [2.24, 2.45) is 17.6 Å². The lowest BCUT2D eigenvalue weighted by molar-refractivity contribution is -0.124. The molecule has 0 aliphatic heterocycles. The van der Waals surface area contributed by atoms with Crippen LogP contribution in [0.3, 0.4) is 0 Å². The molecule has 3 heteroatoms. The van der Waals surface area contributed by atoms with Crippen LogP contribution in [0, 0.1) is 11.8 Å². The van der Waals surface area contributed by atoms with Crippen LogP contribution in [0.2, 0.25) is 0 Å². The molecule has 1 aliphatic carbocycles. The zero-order valence-electron chi connectivity index (χ0n) is 8.55. The first kappa shape index (κ1) is 10.5. The Balaban J connectivity index is 2.13. The molecule has 2 atom stereocenters. The topological polar surface area (TPSA) is 55.1 Å². The fraction of sp³-hybridized carbons (Fsp3) is 0.900. The van der Waals surface area contributed by atoms with Crippen molar-refractivity contribution in [1.29, 1.82) is 0 Å². The summed E-state index contributed by atoms with van der Waals surface area (Å²) in [5.74, 6) is 0.919. The van der Waals surface area contributed by atoms with Crippen molar-refractivity contribution < 1.29 is 4.79 Å². The van der Waals surface area contributed by atoms with E-state index in [1.165, 1.54) is 12.8 Å². The first-order chi connectivity index (χ1) is 6.15. The lowest BCUT2D eigenvalue weighted by Crippen LogP contribution is -2.40. The molecule has 3 N–H and O–H groups in total. The minimum atomic E-state index is 0.117. The van der Waals surface area contributed by atoms with Crippen LogP contribution in [-0.4, -0.2) is 18.5 Å². The summed E-state index contributed by atoms with van der Waals surface area (Å²) in [5.41, 5.74) is 5.85. The van der Waals surface area contributed by atoms with Gasteiger partial charge in [-0.1, -0.05) is 13.8 Å². The van der Waals surface area contributed by atoms with E-state index in [-0.39, 0.29) is 17.9 Å². The second kappa shape index (κ2) is 4.61. The summed E-state index contributed by atoms with van der Waals surface area (Å²) in [6.07, 6.45) is 3.37. The molecule has 13 heavy (non-hydrogen) atoms. The third-order valence-electron chi connectivity index (χ3n) is 2.80. The van der Waals surface area contributed by atoms with Crippen molar-refractivity contribution in [3.63, 3.8) is 0 Å². The second-order valence-corrected chi connectivity index (χ2v) is 4.06. The molecule has 1 amide bonds. The van der Waals surface area contributed by atoms with E-state index in [9.17, 15) is 4.79 Å². The molecule has 0 radical (unpaired) electrons. The van der Waals surface area contributed by atoms with Gasteiger partial charge in [-0.3, -0.25) is 4.79 Å². The quantitative estimate of drug-likeness (QED) is 0.666. The van der Waals surface area contributed by atoms with Crippen LogP contribution >= 0.6 is 0 Å². The van der Waals surface area contributed by atoms with Crippen molar-refractivity contribution in [2.45, 2.75) is 39.2 Å². The van der Waals surface area contributed by atoms with E-state index < -0.39 is 0 Å². The van der Waals surface area contributed by atoms with Crippen molar-refractivity contribution in [2.75, 3.05) is 6.54 Å². The number of rotatable bonds is 5. The van der Waals surface area contributed by atoms with E-state index in [0.29, 0.717) is 12.5 Å². The summed E-state index contributed by atoms with van der Waals surface area (Å²) >= 11 is 0. The van der Waals surface area contributed by atoms with Crippen molar-refractivity contribution >= 4 is 5.91 Å². The molecule has 0 bridgehead atoms. The van der Waals surface area contributed by atoms with Gasteiger partial charge in [-0.05, 0) is 25.2 Å². The minimum absolute atomic E-state index is 0.117. The molecule has 0 aromatic carbocycles. The highest BCUT2D eigenvalue weighted by Crippen LogP contribution is 2.31. The van der Waals surface area contributed by atoms with Crippen molar-refractivity contribution in [3.05, 3.63) is 0 Å². The van der Waals surface area contributed by atoms with E-state index in [0.717, 1.165) is 6.42 Å². The monoisotopic (exact) mass is 184 g/mol. The number of carbonyl (C=O) groups excluding carboxylic acids is 1. The normalized spacial score (nSPS) is 20.8. The average molecular weight is 184 g/mol. The van der Waals surface area contributed by atoms with Crippen LogP contribution in [0.25, 0.3) is 0 Å². The number of hydrogen-bond acceptors (Lipinski definition) is 2. The maximum atomic E-state index is 11.4. The molecule has 3 nitrogen and oxygen atoms in total. The smallest absolute Gasteiger partial charge is 0.222 e. The Kier molecular flexibility index (Phi) is 3.72. The number of nitrogens with two attached hydrogens (primary N) is 1. The summed E-state index contributed by atoms with van der Waals surface area (Å²) < 4.78 is 0. The van der Waals surface area contributed by atoms with Gasteiger partial charge in [-0.2, -0.15) is 0 Å². The summed E-state index contributed by atoms with van der Waals surface area (Å²) in [7, 11) is 0. The molecular weight excluding hydrogens is 164 g/mol. The predicted molar refractivity (Wildman–Crippen MR) is 53.2 cm³/mol. The number of carbonyl (C=O) groups is 1. The molecule has 0 spiro atoms. The van der Waals surface area contributed by atoms with Crippen LogP contribution in [0.5, 0.6) is 0 Å². The Morgan fingerprint density at radius 3 is 2.69 bits per heavy atom. The molecule has 1 saturated carbocycles. The predicted octanol–water partition coefficient (Wildman–Crippen LogP) is 0.886. The van der Waals surface area contributed by atoms with Crippen LogP contribution in [0.15, 0.2) is 0 Å². The molecule has 0 heterocycles. The van der Waals surface area contributed by atoms with Crippen molar-refractivity contribution in [1.82, 2.24) is 5.32 Å². The first-order valence-electron chi connectivity index (χ1n) is 5.18. The van der Waals surface area contributed by atoms with E-state index in [4.69, 9.17) is 5.73 Å². The van der Waals surface area contributed by atoms with Gasteiger partial charge in [0.1, 0.15) is 0 Å². The van der Waals surface area contributed by atoms with E-state index in [1.807, 2.05) is 13.8 Å². The average Bonchev–Trinajstić information content (AvgIpc) is 2.95. The highest BCUT2D eigenvalue weighted by atomic mass is 16.1. The van der Waals surface area contributed by atoms with Crippen molar-refractivity contribution in [3.8, 4) is 0 Å². The Hall–Kier alpha value is -0.570. The summed E-state index contributed by atoms with van der Waals surface area (Å²) in [6, 6.07) is 0.174. The lowest BCUT2D eigenvalue weighted by atomic mass is 10.1. The van der Waals surface area contributed by atoms with E-state index in [1.54, 1.807) is 0 Å². The molecule has 2 unspecified atom stereocenters. The van der Waals surface area contributed by atoms with Gasteiger partial charge < -0.3 is 11.1 Å². The molecule has 1 rings (SSSR count). The zero-order chi connectivity index (χ0) is 9.84. The molecule has 0 saturated heterocycles. The van der Waals surface area contributed by atoms with Crippen LogP contribution in [0.1, 0.15) is 33.1 Å². The van der Waals surface area contributed by atoms with Gasteiger partial charge in [0, 0.05) is 18.5 Å². The van der Waals surface area contributed by atoms with Gasteiger partial charge in [-0.25, -0.2) is 0 Å². The second-order valence-electron chi connectivity index (χ2n) is 4.06.